The van der Waals surface area contributed by atoms with Crippen molar-refractivity contribution >= 4 is 10.0 Å². The average molecular weight is 268 g/mol. The number of hydrogen-bond acceptors (Lipinski definition) is 5. The smallest absolute Gasteiger partial charge is 0.213 e. The minimum atomic E-state index is -3.19. The van der Waals surface area contributed by atoms with Gasteiger partial charge in [0.15, 0.2) is 0 Å². The molecule has 7 heteroatoms. The summed E-state index contributed by atoms with van der Waals surface area (Å²) in [5, 5.41) is 17.2. The third-order valence-corrected chi connectivity index (χ3v) is 4.26. The Morgan fingerprint density at radius 3 is 2.06 bits per heavy atom. The Morgan fingerprint density at radius 1 is 1.12 bits per heavy atom. The lowest BCUT2D eigenvalue weighted by Crippen LogP contribution is -2.35. The van der Waals surface area contributed by atoms with Crippen LogP contribution in [0.3, 0.4) is 0 Å². The van der Waals surface area contributed by atoms with Gasteiger partial charge in [-0.25, -0.2) is 13.1 Å². The van der Waals surface area contributed by atoms with Crippen molar-refractivity contribution in [2.75, 3.05) is 39.4 Å². The summed E-state index contributed by atoms with van der Waals surface area (Å²) in [7, 11) is -3.19. The first kappa shape index (κ1) is 16.8. The van der Waals surface area contributed by atoms with Gasteiger partial charge in [-0.15, -0.1) is 0 Å². The first-order valence-electron chi connectivity index (χ1n) is 5.86. The van der Waals surface area contributed by atoms with Gasteiger partial charge in [0.1, 0.15) is 0 Å². The van der Waals surface area contributed by atoms with Crippen LogP contribution < -0.4 is 4.72 Å². The Kier molecular flexibility index (Phi) is 8.71. The molecule has 6 nitrogen and oxygen atoms in total. The molecule has 0 amide bonds. The van der Waals surface area contributed by atoms with Crippen molar-refractivity contribution in [3.63, 3.8) is 0 Å². The number of aliphatic hydroxyl groups is 2. The molecule has 0 heterocycles. The minimum Gasteiger partial charge on any atom is -0.395 e. The van der Waals surface area contributed by atoms with E-state index in [4.69, 9.17) is 10.2 Å². The topological polar surface area (TPSA) is 89.9 Å². The van der Waals surface area contributed by atoms with Crippen LogP contribution >= 0.6 is 0 Å². The lowest BCUT2D eigenvalue weighted by molar-refractivity contribution is 0.160. The van der Waals surface area contributed by atoms with Crippen LogP contribution in [0.15, 0.2) is 0 Å². The number of sulfonamides is 1. The van der Waals surface area contributed by atoms with Gasteiger partial charge in [0, 0.05) is 19.6 Å². The van der Waals surface area contributed by atoms with Crippen molar-refractivity contribution in [3.8, 4) is 0 Å². The van der Waals surface area contributed by atoms with Gasteiger partial charge in [0.2, 0.25) is 10.0 Å². The van der Waals surface area contributed by atoms with Crippen molar-refractivity contribution in [3.05, 3.63) is 0 Å². The second-order valence-corrected chi connectivity index (χ2v) is 6.45. The molecule has 0 aromatic heterocycles. The van der Waals surface area contributed by atoms with Crippen LogP contribution in [0.25, 0.3) is 0 Å². The number of hydrogen-bond donors (Lipinski definition) is 3. The molecule has 0 aliphatic carbocycles. The van der Waals surface area contributed by atoms with Crippen LogP contribution in [0.5, 0.6) is 0 Å². The number of nitrogens with one attached hydrogen (secondary N) is 1. The molecule has 104 valence electrons. The predicted molar refractivity (Wildman–Crippen MR) is 67.3 cm³/mol. The van der Waals surface area contributed by atoms with Crippen LogP contribution in [-0.4, -0.2) is 68.2 Å². The Balaban J connectivity index is 3.82. The highest BCUT2D eigenvalue weighted by atomic mass is 32.2. The molecule has 0 spiro atoms. The highest BCUT2D eigenvalue weighted by molar-refractivity contribution is 7.90. The summed E-state index contributed by atoms with van der Waals surface area (Å²) in [6.45, 7) is 5.37. The van der Waals surface area contributed by atoms with Crippen LogP contribution in [0, 0.1) is 0 Å². The summed E-state index contributed by atoms with van der Waals surface area (Å²) in [6, 6.07) is 0. The Morgan fingerprint density at radius 2 is 1.65 bits per heavy atom. The van der Waals surface area contributed by atoms with Crippen molar-refractivity contribution in [2.45, 2.75) is 25.5 Å². The third-order valence-electron chi connectivity index (χ3n) is 2.41. The fourth-order valence-corrected chi connectivity index (χ4v) is 2.06. The number of rotatable bonds is 10. The molecule has 0 atom stereocenters. The molecule has 0 fully saturated rings. The molecule has 3 N–H and O–H groups in total. The molecular weight excluding hydrogens is 244 g/mol. The molecule has 17 heavy (non-hydrogen) atoms. The van der Waals surface area contributed by atoms with E-state index >= 15 is 0 Å². The highest BCUT2D eigenvalue weighted by Crippen LogP contribution is 1.96. The van der Waals surface area contributed by atoms with Gasteiger partial charge in [0.05, 0.1) is 18.5 Å². The van der Waals surface area contributed by atoms with Crippen molar-refractivity contribution in [2.24, 2.45) is 0 Å². The molecule has 0 aliphatic rings. The molecule has 0 saturated carbocycles. The van der Waals surface area contributed by atoms with E-state index in [9.17, 15) is 8.42 Å². The molecule has 0 unspecified atom stereocenters. The van der Waals surface area contributed by atoms with E-state index in [1.165, 1.54) is 0 Å². The van der Waals surface area contributed by atoms with E-state index < -0.39 is 15.3 Å². The van der Waals surface area contributed by atoms with Gasteiger partial charge in [-0.1, -0.05) is 0 Å². The van der Waals surface area contributed by atoms with Crippen molar-refractivity contribution in [1.82, 2.24) is 9.62 Å². The summed E-state index contributed by atoms with van der Waals surface area (Å²) in [4.78, 5) is 1.89. The van der Waals surface area contributed by atoms with E-state index in [2.05, 4.69) is 4.72 Å². The maximum Gasteiger partial charge on any atom is 0.213 e. The van der Waals surface area contributed by atoms with Gasteiger partial charge >= 0.3 is 0 Å². The SMILES string of the molecule is CC(C)S(=O)(=O)NCCCN(CCO)CCO. The third kappa shape index (κ3) is 7.67. The molecule has 0 aliphatic heterocycles. The molecular formula is C10H24N2O4S. The summed E-state index contributed by atoms with van der Waals surface area (Å²) in [6.07, 6.45) is 0.659. The maximum absolute atomic E-state index is 11.4. The standard InChI is InChI=1S/C10H24N2O4S/c1-10(2)17(15,16)11-4-3-5-12(6-8-13)7-9-14/h10-11,13-14H,3-9H2,1-2H3. The Bertz CT molecular complexity index is 274. The van der Waals surface area contributed by atoms with Gasteiger partial charge in [-0.05, 0) is 26.8 Å². The van der Waals surface area contributed by atoms with Crippen LogP contribution in [0.4, 0.5) is 0 Å². The van der Waals surface area contributed by atoms with Gasteiger partial charge in [-0.3, -0.25) is 4.90 Å². The lowest BCUT2D eigenvalue weighted by atomic mass is 10.3. The van der Waals surface area contributed by atoms with E-state index in [0.29, 0.717) is 32.6 Å². The Hall–Kier alpha value is -0.210. The van der Waals surface area contributed by atoms with Gasteiger partial charge < -0.3 is 10.2 Å². The highest BCUT2D eigenvalue weighted by Gasteiger charge is 2.14. The monoisotopic (exact) mass is 268 g/mol. The van der Waals surface area contributed by atoms with E-state index in [-0.39, 0.29) is 13.2 Å². The molecule has 0 saturated heterocycles. The molecule has 0 rings (SSSR count). The van der Waals surface area contributed by atoms with Crippen molar-refractivity contribution < 1.29 is 18.6 Å². The maximum atomic E-state index is 11.4. The zero-order chi connectivity index (χ0) is 13.3. The van der Waals surface area contributed by atoms with Gasteiger partial charge in [0.25, 0.3) is 0 Å². The minimum absolute atomic E-state index is 0.0394. The fraction of sp³-hybridized carbons (Fsp3) is 1.00. The van der Waals surface area contributed by atoms with Crippen LogP contribution in [0.2, 0.25) is 0 Å². The molecule has 0 aromatic rings. The molecule has 0 aromatic carbocycles. The van der Waals surface area contributed by atoms with E-state index in [1.54, 1.807) is 13.8 Å². The van der Waals surface area contributed by atoms with Crippen LogP contribution in [0.1, 0.15) is 20.3 Å². The second kappa shape index (κ2) is 8.82. The normalized spacial score (nSPS) is 12.6. The zero-order valence-corrected chi connectivity index (χ0v) is 11.4. The summed E-state index contributed by atoms with van der Waals surface area (Å²) >= 11 is 0. The lowest BCUT2D eigenvalue weighted by Gasteiger charge is -2.20. The fourth-order valence-electron chi connectivity index (χ4n) is 1.30. The summed E-state index contributed by atoms with van der Waals surface area (Å²) in [5.41, 5.74) is 0. The van der Waals surface area contributed by atoms with E-state index in [0.717, 1.165) is 0 Å². The average Bonchev–Trinajstić information content (AvgIpc) is 2.24. The molecule has 0 radical (unpaired) electrons. The molecule has 0 bridgehead atoms. The summed E-state index contributed by atoms with van der Waals surface area (Å²) in [5.74, 6) is 0. The van der Waals surface area contributed by atoms with Crippen LogP contribution in [-0.2, 0) is 10.0 Å². The van der Waals surface area contributed by atoms with E-state index in [1.807, 2.05) is 4.90 Å². The number of nitrogens with zero attached hydrogens (tertiary/aromatic N) is 1. The number of aliphatic hydroxyl groups excluding tert-OH is 2. The van der Waals surface area contributed by atoms with Crippen molar-refractivity contribution in [1.29, 1.82) is 0 Å². The Labute approximate surface area is 104 Å². The first-order valence-corrected chi connectivity index (χ1v) is 7.41. The summed E-state index contributed by atoms with van der Waals surface area (Å²) < 4.78 is 25.4. The largest absolute Gasteiger partial charge is 0.395 e. The van der Waals surface area contributed by atoms with Gasteiger partial charge in [-0.2, -0.15) is 0 Å². The predicted octanol–water partition coefficient (Wildman–Crippen LogP) is -1.01. The first-order chi connectivity index (χ1) is 7.94. The zero-order valence-electron chi connectivity index (χ0n) is 10.6. The quantitative estimate of drug-likeness (QED) is 0.442. The second-order valence-electron chi connectivity index (χ2n) is 4.13.